The molecule has 3 heteroatoms. The molecule has 0 heterocycles. The van der Waals surface area contributed by atoms with Crippen LogP contribution in [0.5, 0.6) is 0 Å². The van der Waals surface area contributed by atoms with Crippen molar-refractivity contribution in [2.75, 3.05) is 0 Å². The largest absolute Gasteiger partial charge is 0.204 e. The number of benzene rings is 1. The first-order chi connectivity index (χ1) is 13.1. The molecule has 3 rings (SSSR count). The summed E-state index contributed by atoms with van der Waals surface area (Å²) in [4.78, 5) is 0. The zero-order chi connectivity index (χ0) is 19.2. The van der Waals surface area contributed by atoms with Crippen LogP contribution in [0, 0.1) is 35.2 Å². The minimum absolute atomic E-state index is 0.146. The summed E-state index contributed by atoms with van der Waals surface area (Å²) in [5, 5.41) is 0. The van der Waals surface area contributed by atoms with Gasteiger partial charge in [0.05, 0.1) is 0 Å². The fraction of sp³-hybridized carbons (Fsp3) is 0.667. The maximum Gasteiger partial charge on any atom is 0.194 e. The van der Waals surface area contributed by atoms with Crippen LogP contribution in [0.25, 0.3) is 0 Å². The van der Waals surface area contributed by atoms with E-state index in [1.807, 2.05) is 0 Å². The highest BCUT2D eigenvalue weighted by molar-refractivity contribution is 5.23. The molecule has 0 unspecified atom stereocenters. The molecule has 0 aromatic heterocycles. The Hall–Kier alpha value is -1.25. The molecule has 150 valence electrons. The van der Waals surface area contributed by atoms with Gasteiger partial charge in [0.2, 0.25) is 0 Å². The maximum absolute atomic E-state index is 13.4. The van der Waals surface area contributed by atoms with E-state index in [1.54, 1.807) is 0 Å². The highest BCUT2D eigenvalue weighted by Crippen LogP contribution is 2.37. The maximum atomic E-state index is 13.4. The van der Waals surface area contributed by atoms with Gasteiger partial charge in [-0.3, -0.25) is 0 Å². The monoisotopic (exact) mass is 378 g/mol. The molecular formula is C24H33F3. The van der Waals surface area contributed by atoms with Gasteiger partial charge < -0.3 is 0 Å². The Morgan fingerprint density at radius 2 is 1.44 bits per heavy atom. The van der Waals surface area contributed by atoms with Gasteiger partial charge in [-0.1, -0.05) is 51.2 Å². The van der Waals surface area contributed by atoms with Gasteiger partial charge in [0.25, 0.3) is 0 Å². The Labute approximate surface area is 162 Å². The molecule has 0 radical (unpaired) electrons. The number of hydrogen-bond donors (Lipinski definition) is 0. The molecule has 0 saturated heterocycles. The number of hydrogen-bond acceptors (Lipinski definition) is 0. The van der Waals surface area contributed by atoms with E-state index in [0.29, 0.717) is 11.5 Å². The van der Waals surface area contributed by atoms with Gasteiger partial charge in [-0.15, -0.1) is 0 Å². The van der Waals surface area contributed by atoms with E-state index in [0.717, 1.165) is 37.5 Å². The molecule has 0 spiro atoms. The van der Waals surface area contributed by atoms with Crippen molar-refractivity contribution in [1.82, 2.24) is 0 Å². The molecule has 0 N–H and O–H groups in total. The first-order valence-corrected chi connectivity index (χ1v) is 10.9. The van der Waals surface area contributed by atoms with Crippen LogP contribution >= 0.6 is 0 Å². The molecule has 0 bridgehead atoms. The fourth-order valence-corrected chi connectivity index (χ4v) is 5.00. The first-order valence-electron chi connectivity index (χ1n) is 10.9. The normalized spacial score (nSPS) is 29.3. The van der Waals surface area contributed by atoms with Gasteiger partial charge in [0.15, 0.2) is 17.5 Å². The average molecular weight is 379 g/mol. The molecular weight excluding hydrogens is 345 g/mol. The molecule has 2 aliphatic carbocycles. The van der Waals surface area contributed by atoms with Crippen molar-refractivity contribution in [3.05, 3.63) is 47.3 Å². The molecule has 1 aromatic carbocycles. The fourth-order valence-electron chi connectivity index (χ4n) is 5.00. The zero-order valence-electron chi connectivity index (χ0n) is 16.5. The van der Waals surface area contributed by atoms with Crippen LogP contribution in [0.15, 0.2) is 24.3 Å². The van der Waals surface area contributed by atoms with Gasteiger partial charge >= 0.3 is 0 Å². The van der Waals surface area contributed by atoms with E-state index in [-0.39, 0.29) is 5.92 Å². The predicted molar refractivity (Wildman–Crippen MR) is 105 cm³/mol. The minimum atomic E-state index is -1.36. The van der Waals surface area contributed by atoms with Crippen molar-refractivity contribution in [2.45, 2.75) is 83.5 Å². The summed E-state index contributed by atoms with van der Waals surface area (Å²) in [6.07, 6.45) is 18.1. The van der Waals surface area contributed by atoms with Crippen LogP contribution in [0.3, 0.4) is 0 Å². The summed E-state index contributed by atoms with van der Waals surface area (Å²) >= 11 is 0. The van der Waals surface area contributed by atoms with E-state index in [2.05, 4.69) is 19.1 Å². The van der Waals surface area contributed by atoms with E-state index in [4.69, 9.17) is 0 Å². The van der Waals surface area contributed by atoms with Crippen molar-refractivity contribution < 1.29 is 13.2 Å². The molecule has 2 fully saturated rings. The molecule has 2 saturated carbocycles. The molecule has 0 atom stereocenters. The standard InChI is InChI=1S/C24H33F3/c1-2-17-7-9-18(10-8-17)5-3-4-6-19-11-13-20(14-12-19)21-15-22(25)24(27)23(26)16-21/h4,6,15-20H,2-3,5,7-14H2,1H3/b6-4+. The summed E-state index contributed by atoms with van der Waals surface area (Å²) in [5.74, 6) is -0.898. The quantitative estimate of drug-likeness (QED) is 0.348. The average Bonchev–Trinajstić information content (AvgIpc) is 2.70. The smallest absolute Gasteiger partial charge is 0.194 e. The molecule has 0 aliphatic heterocycles. The lowest BCUT2D eigenvalue weighted by Gasteiger charge is -2.28. The van der Waals surface area contributed by atoms with Crippen LogP contribution in [0.2, 0.25) is 0 Å². The van der Waals surface area contributed by atoms with E-state index >= 15 is 0 Å². The van der Waals surface area contributed by atoms with Gasteiger partial charge in [0, 0.05) is 0 Å². The lowest BCUT2D eigenvalue weighted by molar-refractivity contribution is 0.259. The van der Waals surface area contributed by atoms with E-state index < -0.39 is 17.5 Å². The van der Waals surface area contributed by atoms with Crippen LogP contribution in [-0.2, 0) is 0 Å². The topological polar surface area (TPSA) is 0 Å². The van der Waals surface area contributed by atoms with Crippen molar-refractivity contribution >= 4 is 0 Å². The van der Waals surface area contributed by atoms with Gasteiger partial charge in [-0.25, -0.2) is 13.2 Å². The van der Waals surface area contributed by atoms with Crippen LogP contribution in [0.4, 0.5) is 13.2 Å². The summed E-state index contributed by atoms with van der Waals surface area (Å²) in [6, 6.07) is 2.35. The molecule has 1 aromatic rings. The highest BCUT2D eigenvalue weighted by atomic mass is 19.2. The Morgan fingerprint density at radius 1 is 0.852 bits per heavy atom. The third kappa shape index (κ3) is 5.62. The van der Waals surface area contributed by atoms with Crippen molar-refractivity contribution in [3.8, 4) is 0 Å². The second kappa shape index (κ2) is 9.80. The Balaban J connectivity index is 1.39. The Bertz CT molecular complexity index is 598. The minimum Gasteiger partial charge on any atom is -0.204 e. The number of rotatable bonds is 6. The summed E-state index contributed by atoms with van der Waals surface area (Å²) in [5.41, 5.74) is 0.608. The van der Waals surface area contributed by atoms with Gasteiger partial charge in [0.1, 0.15) is 0 Å². The molecule has 0 amide bonds. The third-order valence-electron chi connectivity index (χ3n) is 6.94. The third-order valence-corrected chi connectivity index (χ3v) is 6.94. The van der Waals surface area contributed by atoms with Crippen molar-refractivity contribution in [2.24, 2.45) is 17.8 Å². The Morgan fingerprint density at radius 3 is 2.04 bits per heavy atom. The highest BCUT2D eigenvalue weighted by Gasteiger charge is 2.23. The lowest BCUT2D eigenvalue weighted by Crippen LogP contribution is -2.14. The second-order valence-electron chi connectivity index (χ2n) is 8.71. The Kier molecular flexibility index (Phi) is 7.43. The lowest BCUT2D eigenvalue weighted by atomic mass is 9.78. The van der Waals surface area contributed by atoms with Gasteiger partial charge in [-0.05, 0) is 79.9 Å². The van der Waals surface area contributed by atoms with E-state index in [9.17, 15) is 13.2 Å². The van der Waals surface area contributed by atoms with Crippen LogP contribution < -0.4 is 0 Å². The van der Waals surface area contributed by atoms with Crippen molar-refractivity contribution in [3.63, 3.8) is 0 Å². The van der Waals surface area contributed by atoms with Crippen molar-refractivity contribution in [1.29, 1.82) is 0 Å². The second-order valence-corrected chi connectivity index (χ2v) is 8.71. The summed E-state index contributed by atoms with van der Waals surface area (Å²) in [7, 11) is 0. The van der Waals surface area contributed by atoms with E-state index in [1.165, 1.54) is 57.1 Å². The molecule has 0 nitrogen and oxygen atoms in total. The zero-order valence-corrected chi connectivity index (χ0v) is 16.5. The van der Waals surface area contributed by atoms with Crippen LogP contribution in [0.1, 0.15) is 89.0 Å². The molecule has 27 heavy (non-hydrogen) atoms. The SMILES string of the molecule is CCC1CCC(CC/C=C/C2CCC(c3cc(F)c(F)c(F)c3)CC2)CC1. The predicted octanol–water partition coefficient (Wildman–Crippen LogP) is 7.93. The van der Waals surface area contributed by atoms with Gasteiger partial charge in [-0.2, -0.15) is 0 Å². The number of allylic oxidation sites excluding steroid dienone is 2. The summed E-state index contributed by atoms with van der Waals surface area (Å²) in [6.45, 7) is 2.31. The summed E-state index contributed by atoms with van der Waals surface area (Å²) < 4.78 is 40.0. The number of halogens is 3. The van der Waals surface area contributed by atoms with Crippen LogP contribution in [-0.4, -0.2) is 0 Å². The first kappa shape index (κ1) is 20.5. The molecule has 2 aliphatic rings.